The monoisotopic (exact) mass is 463 g/mol. The van der Waals surface area contributed by atoms with Gasteiger partial charge in [0, 0.05) is 17.5 Å². The summed E-state index contributed by atoms with van der Waals surface area (Å²) in [4.78, 5) is 26.6. The zero-order chi connectivity index (χ0) is 23.5. The summed E-state index contributed by atoms with van der Waals surface area (Å²) in [5, 5.41) is 10.4. The van der Waals surface area contributed by atoms with Crippen molar-refractivity contribution in [2.24, 2.45) is 5.92 Å². The van der Waals surface area contributed by atoms with Crippen molar-refractivity contribution in [3.8, 4) is 11.1 Å². The van der Waals surface area contributed by atoms with Crippen molar-refractivity contribution in [3.05, 3.63) is 94.5 Å². The first-order valence-electron chi connectivity index (χ1n) is 11.0. The molecule has 3 aromatic carbocycles. The molecule has 1 atom stereocenters. The van der Waals surface area contributed by atoms with Crippen LogP contribution in [0.2, 0.25) is 5.02 Å². The summed E-state index contributed by atoms with van der Waals surface area (Å²) < 4.78 is 5.78. The molecule has 0 radical (unpaired) electrons. The maximum atomic E-state index is 13.3. The van der Waals surface area contributed by atoms with E-state index in [0.717, 1.165) is 27.8 Å². The fraction of sp³-hybridized carbons (Fsp3) is 0.259. The number of ether oxygens (including phenoxy) is 1. The summed E-state index contributed by atoms with van der Waals surface area (Å²) in [7, 11) is 0. The third-order valence-corrected chi connectivity index (χ3v) is 6.27. The second kappa shape index (κ2) is 9.67. The average molecular weight is 464 g/mol. The zero-order valence-electron chi connectivity index (χ0n) is 18.6. The predicted octanol–water partition coefficient (Wildman–Crippen LogP) is 6.20. The van der Waals surface area contributed by atoms with E-state index in [1.54, 1.807) is 32.0 Å². The number of amides is 1. The molecule has 0 bridgehead atoms. The van der Waals surface area contributed by atoms with E-state index >= 15 is 0 Å². The van der Waals surface area contributed by atoms with Crippen molar-refractivity contribution in [2.75, 3.05) is 6.61 Å². The van der Waals surface area contributed by atoms with Crippen LogP contribution >= 0.6 is 11.6 Å². The normalized spacial score (nSPS) is 13.3. The van der Waals surface area contributed by atoms with Gasteiger partial charge >= 0.3 is 12.1 Å². The second-order valence-electron chi connectivity index (χ2n) is 8.59. The van der Waals surface area contributed by atoms with Crippen molar-refractivity contribution < 1.29 is 19.4 Å². The number of carboxylic acid groups (broad SMARTS) is 1. The highest BCUT2D eigenvalue weighted by atomic mass is 35.5. The summed E-state index contributed by atoms with van der Waals surface area (Å²) in [6, 6.07) is 22.2. The van der Waals surface area contributed by atoms with E-state index in [4.69, 9.17) is 16.3 Å². The molecule has 0 spiro atoms. The zero-order valence-corrected chi connectivity index (χ0v) is 19.3. The number of hydrogen-bond acceptors (Lipinski definition) is 3. The van der Waals surface area contributed by atoms with Crippen LogP contribution in [0.4, 0.5) is 4.79 Å². The van der Waals surface area contributed by atoms with E-state index in [0.29, 0.717) is 5.02 Å². The molecular formula is C27H26ClNO4. The van der Waals surface area contributed by atoms with Crippen LogP contribution in [0.5, 0.6) is 0 Å². The third kappa shape index (κ3) is 4.74. The second-order valence-corrected chi connectivity index (χ2v) is 9.03. The van der Waals surface area contributed by atoms with E-state index in [-0.39, 0.29) is 25.0 Å². The summed E-state index contributed by atoms with van der Waals surface area (Å²) in [5.41, 5.74) is 5.21. The fourth-order valence-electron chi connectivity index (χ4n) is 4.56. The Kier molecular flexibility index (Phi) is 6.70. The molecule has 0 aromatic heterocycles. The lowest BCUT2D eigenvalue weighted by molar-refractivity contribution is -0.144. The Labute approximate surface area is 198 Å². The van der Waals surface area contributed by atoms with E-state index < -0.39 is 18.1 Å². The topological polar surface area (TPSA) is 66.8 Å². The number of carboxylic acids is 1. The van der Waals surface area contributed by atoms with Gasteiger partial charge in [-0.25, -0.2) is 9.59 Å². The van der Waals surface area contributed by atoms with Gasteiger partial charge in [-0.15, -0.1) is 0 Å². The van der Waals surface area contributed by atoms with Crippen molar-refractivity contribution in [2.45, 2.75) is 32.4 Å². The molecule has 0 aliphatic heterocycles. The fourth-order valence-corrected chi connectivity index (χ4v) is 4.78. The number of nitrogens with zero attached hydrogens (tertiary/aromatic N) is 1. The summed E-state index contributed by atoms with van der Waals surface area (Å²) in [5.74, 6) is -1.47. The summed E-state index contributed by atoms with van der Waals surface area (Å²) in [6.45, 7) is 3.77. The smallest absolute Gasteiger partial charge is 0.410 e. The molecule has 0 heterocycles. The number of benzene rings is 3. The van der Waals surface area contributed by atoms with Crippen LogP contribution < -0.4 is 0 Å². The molecule has 3 aromatic rings. The Morgan fingerprint density at radius 1 is 0.970 bits per heavy atom. The van der Waals surface area contributed by atoms with Gasteiger partial charge in [0.25, 0.3) is 0 Å². The first-order chi connectivity index (χ1) is 15.9. The minimum absolute atomic E-state index is 0.0897. The maximum Gasteiger partial charge on any atom is 0.410 e. The van der Waals surface area contributed by atoms with Crippen LogP contribution in [-0.4, -0.2) is 34.7 Å². The highest BCUT2D eigenvalue weighted by Crippen LogP contribution is 2.44. The van der Waals surface area contributed by atoms with E-state index in [9.17, 15) is 14.7 Å². The molecule has 1 amide bonds. The van der Waals surface area contributed by atoms with Crippen LogP contribution in [0.25, 0.3) is 11.1 Å². The molecular weight excluding hydrogens is 438 g/mol. The number of fused-ring (bicyclic) bond motifs is 3. The van der Waals surface area contributed by atoms with Crippen LogP contribution in [0.15, 0.2) is 72.8 Å². The molecule has 0 saturated heterocycles. The van der Waals surface area contributed by atoms with Gasteiger partial charge < -0.3 is 9.84 Å². The third-order valence-electron chi connectivity index (χ3n) is 6.03. The number of carbonyl (C=O) groups excluding carboxylic acids is 1. The largest absolute Gasteiger partial charge is 0.480 e. The van der Waals surface area contributed by atoms with Crippen LogP contribution in [-0.2, 0) is 16.1 Å². The van der Waals surface area contributed by atoms with Gasteiger partial charge in [-0.2, -0.15) is 0 Å². The van der Waals surface area contributed by atoms with Gasteiger partial charge in [0.1, 0.15) is 12.6 Å². The molecule has 170 valence electrons. The molecule has 6 heteroatoms. The molecule has 4 rings (SSSR count). The standard InChI is InChI=1S/C27H26ClNO4/c1-17(2)25(26(30)31)29(15-18-8-7-9-19(28)14-18)27(32)33-16-24-22-12-5-3-10-20(22)21-11-4-6-13-23(21)24/h3-14,17,24-25H,15-16H2,1-2H3,(H,30,31). The van der Waals surface area contributed by atoms with Gasteiger partial charge in [-0.1, -0.05) is 86.1 Å². The summed E-state index contributed by atoms with van der Waals surface area (Å²) >= 11 is 6.10. The van der Waals surface area contributed by atoms with E-state index in [1.165, 1.54) is 4.90 Å². The molecule has 1 aliphatic carbocycles. The van der Waals surface area contributed by atoms with Crippen LogP contribution in [0.1, 0.15) is 36.5 Å². The SMILES string of the molecule is CC(C)C(C(=O)O)N(Cc1cccc(Cl)c1)C(=O)OCC1c2ccccc2-c2ccccc21. The van der Waals surface area contributed by atoms with Crippen LogP contribution in [0, 0.1) is 5.92 Å². The van der Waals surface area contributed by atoms with Crippen molar-refractivity contribution >= 4 is 23.7 Å². The minimum Gasteiger partial charge on any atom is -0.480 e. The lowest BCUT2D eigenvalue weighted by Crippen LogP contribution is -2.48. The molecule has 0 saturated carbocycles. The molecule has 1 N–H and O–H groups in total. The van der Waals surface area contributed by atoms with Gasteiger partial charge in [0.05, 0.1) is 0 Å². The molecule has 1 unspecified atom stereocenters. The van der Waals surface area contributed by atoms with E-state index in [1.807, 2.05) is 42.5 Å². The number of carbonyl (C=O) groups is 2. The van der Waals surface area contributed by atoms with Crippen molar-refractivity contribution in [3.63, 3.8) is 0 Å². The van der Waals surface area contributed by atoms with E-state index in [2.05, 4.69) is 12.1 Å². The Bertz CT molecular complexity index is 1130. The molecule has 0 fully saturated rings. The first-order valence-corrected chi connectivity index (χ1v) is 11.3. The predicted molar refractivity (Wildman–Crippen MR) is 128 cm³/mol. The summed E-state index contributed by atoms with van der Waals surface area (Å²) in [6.07, 6.45) is -0.655. The number of rotatable bonds is 7. The number of aliphatic carboxylic acids is 1. The lowest BCUT2D eigenvalue weighted by Gasteiger charge is -2.31. The number of halogens is 1. The Morgan fingerprint density at radius 2 is 1.58 bits per heavy atom. The van der Waals surface area contributed by atoms with Gasteiger partial charge in [0.2, 0.25) is 0 Å². The Balaban J connectivity index is 1.59. The van der Waals surface area contributed by atoms with Crippen molar-refractivity contribution in [1.29, 1.82) is 0 Å². The van der Waals surface area contributed by atoms with Gasteiger partial charge in [-0.3, -0.25) is 4.90 Å². The quantitative estimate of drug-likeness (QED) is 0.453. The average Bonchev–Trinajstić information content (AvgIpc) is 3.10. The highest BCUT2D eigenvalue weighted by molar-refractivity contribution is 6.30. The molecule has 33 heavy (non-hydrogen) atoms. The Hall–Kier alpha value is -3.31. The van der Waals surface area contributed by atoms with Crippen LogP contribution in [0.3, 0.4) is 0 Å². The molecule has 5 nitrogen and oxygen atoms in total. The highest BCUT2D eigenvalue weighted by Gasteiger charge is 2.35. The molecule has 1 aliphatic rings. The maximum absolute atomic E-state index is 13.3. The van der Waals surface area contributed by atoms with Gasteiger partial charge in [0.15, 0.2) is 0 Å². The first kappa shape index (κ1) is 22.9. The van der Waals surface area contributed by atoms with Gasteiger partial charge in [-0.05, 0) is 45.9 Å². The minimum atomic E-state index is -1.07. The Morgan fingerprint density at radius 3 is 2.12 bits per heavy atom. The number of hydrogen-bond donors (Lipinski definition) is 1. The van der Waals surface area contributed by atoms with Crippen molar-refractivity contribution in [1.82, 2.24) is 4.90 Å². The lowest BCUT2D eigenvalue weighted by atomic mass is 9.98.